The summed E-state index contributed by atoms with van der Waals surface area (Å²) in [5.74, 6) is -0.175. The van der Waals surface area contributed by atoms with Gasteiger partial charge in [0, 0.05) is 19.0 Å². The lowest BCUT2D eigenvalue weighted by Crippen LogP contribution is -2.27. The Hall–Kier alpha value is -2.62. The second-order valence-electron chi connectivity index (χ2n) is 5.66. The van der Waals surface area contributed by atoms with Crippen molar-refractivity contribution in [2.75, 3.05) is 0 Å². The smallest absolute Gasteiger partial charge is 0.251 e. The molecular weight excluding hydrogens is 288 g/mol. The van der Waals surface area contributed by atoms with E-state index >= 15 is 0 Å². The van der Waals surface area contributed by atoms with E-state index in [0.29, 0.717) is 12.1 Å². The molecule has 0 spiro atoms. The molecule has 1 unspecified atom stereocenters. The van der Waals surface area contributed by atoms with Crippen LogP contribution in [0, 0.1) is 6.92 Å². The Balaban J connectivity index is 2.00. The molecular formula is C19H22N2O2. The quantitative estimate of drug-likeness (QED) is 0.891. The number of carbonyl (C=O) groups is 2. The minimum atomic E-state index is -0.105. The molecule has 2 rings (SSSR count). The van der Waals surface area contributed by atoms with Crippen LogP contribution < -0.4 is 10.6 Å². The zero-order valence-corrected chi connectivity index (χ0v) is 13.7. The van der Waals surface area contributed by atoms with Crippen LogP contribution in [0.1, 0.15) is 46.9 Å². The second kappa shape index (κ2) is 7.58. The summed E-state index contributed by atoms with van der Waals surface area (Å²) in [6, 6.07) is 15.2. The summed E-state index contributed by atoms with van der Waals surface area (Å²) in [6.07, 6.45) is 0. The molecule has 0 radical (unpaired) electrons. The van der Waals surface area contributed by atoms with Crippen LogP contribution in [0.5, 0.6) is 0 Å². The molecule has 1 atom stereocenters. The normalized spacial score (nSPS) is 11.6. The number of amides is 2. The van der Waals surface area contributed by atoms with E-state index in [1.54, 1.807) is 12.1 Å². The molecule has 0 heterocycles. The monoisotopic (exact) mass is 310 g/mol. The van der Waals surface area contributed by atoms with E-state index < -0.39 is 0 Å². The van der Waals surface area contributed by atoms with Crippen molar-refractivity contribution in [3.05, 3.63) is 70.8 Å². The van der Waals surface area contributed by atoms with Crippen molar-refractivity contribution in [2.24, 2.45) is 0 Å². The molecule has 0 aromatic heterocycles. The largest absolute Gasteiger partial charge is 0.352 e. The molecule has 4 nitrogen and oxygen atoms in total. The van der Waals surface area contributed by atoms with Crippen LogP contribution in [0.25, 0.3) is 0 Å². The lowest BCUT2D eigenvalue weighted by Gasteiger charge is -2.16. The number of aryl methyl sites for hydroxylation is 1. The van der Waals surface area contributed by atoms with E-state index in [2.05, 4.69) is 10.6 Å². The van der Waals surface area contributed by atoms with Crippen molar-refractivity contribution >= 4 is 11.8 Å². The highest BCUT2D eigenvalue weighted by Crippen LogP contribution is 2.17. The Bertz CT molecular complexity index is 693. The molecule has 120 valence electrons. The molecule has 4 heteroatoms. The lowest BCUT2D eigenvalue weighted by molar-refractivity contribution is -0.119. The molecule has 2 amide bonds. The minimum Gasteiger partial charge on any atom is -0.352 e. The van der Waals surface area contributed by atoms with Gasteiger partial charge in [-0.1, -0.05) is 36.4 Å². The van der Waals surface area contributed by atoms with Crippen LogP contribution in [-0.2, 0) is 11.3 Å². The fourth-order valence-electron chi connectivity index (χ4n) is 2.43. The van der Waals surface area contributed by atoms with Gasteiger partial charge in [-0.2, -0.15) is 0 Å². The highest BCUT2D eigenvalue weighted by Gasteiger charge is 2.12. The average molecular weight is 310 g/mol. The molecule has 0 aliphatic carbocycles. The summed E-state index contributed by atoms with van der Waals surface area (Å²) >= 11 is 0. The van der Waals surface area contributed by atoms with Crippen molar-refractivity contribution in [1.29, 1.82) is 0 Å². The fraction of sp³-hybridized carbons (Fsp3) is 0.263. The van der Waals surface area contributed by atoms with Crippen LogP contribution in [0.4, 0.5) is 0 Å². The van der Waals surface area contributed by atoms with E-state index in [1.807, 2.05) is 50.2 Å². The summed E-state index contributed by atoms with van der Waals surface area (Å²) in [7, 11) is 0. The summed E-state index contributed by atoms with van der Waals surface area (Å²) in [6.45, 7) is 5.96. The fourth-order valence-corrected chi connectivity index (χ4v) is 2.43. The Morgan fingerprint density at radius 3 is 2.30 bits per heavy atom. The highest BCUT2D eigenvalue weighted by molar-refractivity contribution is 5.94. The van der Waals surface area contributed by atoms with Crippen LogP contribution in [0.15, 0.2) is 48.5 Å². The van der Waals surface area contributed by atoms with Gasteiger partial charge in [0.1, 0.15) is 0 Å². The van der Waals surface area contributed by atoms with Crippen LogP contribution in [0.2, 0.25) is 0 Å². The molecule has 23 heavy (non-hydrogen) atoms. The number of benzene rings is 2. The van der Waals surface area contributed by atoms with Gasteiger partial charge in [-0.3, -0.25) is 9.59 Å². The maximum atomic E-state index is 12.3. The van der Waals surface area contributed by atoms with E-state index in [9.17, 15) is 9.59 Å². The lowest BCUT2D eigenvalue weighted by atomic mass is 10.0. The Morgan fingerprint density at radius 1 is 1.04 bits per heavy atom. The van der Waals surface area contributed by atoms with E-state index in [0.717, 1.165) is 16.7 Å². The minimum absolute atomic E-state index is 0.0530. The van der Waals surface area contributed by atoms with Crippen LogP contribution >= 0.6 is 0 Å². The maximum absolute atomic E-state index is 12.3. The number of hydrogen-bond donors (Lipinski definition) is 2. The third-order valence-corrected chi connectivity index (χ3v) is 3.76. The van der Waals surface area contributed by atoms with Crippen LogP contribution in [0.3, 0.4) is 0 Å². The molecule has 2 N–H and O–H groups in total. The van der Waals surface area contributed by atoms with Crippen molar-refractivity contribution in [3.8, 4) is 0 Å². The Kier molecular flexibility index (Phi) is 5.52. The molecule has 0 aliphatic rings. The summed E-state index contributed by atoms with van der Waals surface area (Å²) in [5, 5.41) is 5.75. The summed E-state index contributed by atoms with van der Waals surface area (Å²) in [5.41, 5.74) is 3.84. The molecule has 2 aromatic rings. The van der Waals surface area contributed by atoms with Crippen molar-refractivity contribution in [1.82, 2.24) is 10.6 Å². The number of carbonyl (C=O) groups excluding carboxylic acids is 2. The SMILES string of the molecule is CC(=O)NCc1ccc(C(=O)NC(C)c2ccccc2C)cc1. The van der Waals surface area contributed by atoms with Gasteiger partial charge in [0.05, 0.1) is 6.04 Å². The van der Waals surface area contributed by atoms with Gasteiger partial charge >= 0.3 is 0 Å². The predicted molar refractivity (Wildman–Crippen MR) is 91.0 cm³/mol. The standard InChI is InChI=1S/C19H22N2O2/c1-13-6-4-5-7-18(13)14(2)21-19(23)17-10-8-16(9-11-17)12-20-15(3)22/h4-11,14H,12H2,1-3H3,(H,20,22)(H,21,23). The van der Waals surface area contributed by atoms with Crippen molar-refractivity contribution < 1.29 is 9.59 Å². The second-order valence-corrected chi connectivity index (χ2v) is 5.66. The van der Waals surface area contributed by atoms with Gasteiger partial charge in [-0.25, -0.2) is 0 Å². The number of rotatable bonds is 5. The van der Waals surface area contributed by atoms with Gasteiger partial charge in [-0.15, -0.1) is 0 Å². The average Bonchev–Trinajstić information content (AvgIpc) is 2.53. The Morgan fingerprint density at radius 2 is 1.70 bits per heavy atom. The first-order valence-corrected chi connectivity index (χ1v) is 7.67. The first kappa shape index (κ1) is 16.7. The number of nitrogens with one attached hydrogen (secondary N) is 2. The topological polar surface area (TPSA) is 58.2 Å². The Labute approximate surface area is 136 Å². The van der Waals surface area contributed by atoms with Gasteiger partial charge in [0.15, 0.2) is 0 Å². The van der Waals surface area contributed by atoms with Crippen LogP contribution in [-0.4, -0.2) is 11.8 Å². The third kappa shape index (κ3) is 4.68. The first-order chi connectivity index (χ1) is 11.0. The maximum Gasteiger partial charge on any atom is 0.251 e. The summed E-state index contributed by atoms with van der Waals surface area (Å²) in [4.78, 5) is 23.2. The first-order valence-electron chi connectivity index (χ1n) is 7.67. The summed E-state index contributed by atoms with van der Waals surface area (Å²) < 4.78 is 0. The van der Waals surface area contributed by atoms with Gasteiger partial charge in [-0.05, 0) is 42.7 Å². The third-order valence-electron chi connectivity index (χ3n) is 3.76. The zero-order chi connectivity index (χ0) is 16.8. The molecule has 0 fully saturated rings. The van der Waals surface area contributed by atoms with Crippen molar-refractivity contribution in [3.63, 3.8) is 0 Å². The van der Waals surface area contributed by atoms with E-state index in [4.69, 9.17) is 0 Å². The molecule has 0 aliphatic heterocycles. The molecule has 2 aromatic carbocycles. The zero-order valence-electron chi connectivity index (χ0n) is 13.7. The molecule has 0 saturated heterocycles. The van der Waals surface area contributed by atoms with E-state index in [1.165, 1.54) is 6.92 Å². The highest BCUT2D eigenvalue weighted by atomic mass is 16.2. The molecule has 0 saturated carbocycles. The predicted octanol–water partition coefficient (Wildman–Crippen LogP) is 3.12. The van der Waals surface area contributed by atoms with Gasteiger partial charge < -0.3 is 10.6 Å². The van der Waals surface area contributed by atoms with Gasteiger partial charge in [0.25, 0.3) is 5.91 Å². The van der Waals surface area contributed by atoms with E-state index in [-0.39, 0.29) is 17.9 Å². The number of hydrogen-bond acceptors (Lipinski definition) is 2. The molecule has 0 bridgehead atoms. The van der Waals surface area contributed by atoms with Gasteiger partial charge in [0.2, 0.25) is 5.91 Å². The van der Waals surface area contributed by atoms with Crippen molar-refractivity contribution in [2.45, 2.75) is 33.4 Å².